The Labute approximate surface area is 86.4 Å². The number of H-pyrrole nitrogens is 1. The second-order valence-electron chi connectivity index (χ2n) is 5.16. The highest BCUT2D eigenvalue weighted by atomic mass is 16.3. The van der Waals surface area contributed by atoms with Crippen molar-refractivity contribution in [1.82, 2.24) is 4.98 Å². The third-order valence-corrected chi connectivity index (χ3v) is 3.06. The summed E-state index contributed by atoms with van der Waals surface area (Å²) in [5.41, 5.74) is 1.25. The van der Waals surface area contributed by atoms with Gasteiger partial charge in [0, 0.05) is 12.4 Å². The fourth-order valence-electron chi connectivity index (χ4n) is 1.37. The summed E-state index contributed by atoms with van der Waals surface area (Å²) in [4.78, 5) is 2.96. The minimum absolute atomic E-state index is 0.261. The number of hydrogen-bond donors (Lipinski definition) is 2. The average molecular weight is 195 g/mol. The van der Waals surface area contributed by atoms with E-state index in [0.29, 0.717) is 5.92 Å². The van der Waals surface area contributed by atoms with Crippen molar-refractivity contribution in [3.8, 4) is 0 Å². The van der Waals surface area contributed by atoms with Gasteiger partial charge in [-0.15, -0.1) is 0 Å². The summed E-state index contributed by atoms with van der Waals surface area (Å²) in [5, 5.41) is 9.92. The topological polar surface area (TPSA) is 36.0 Å². The second-order valence-corrected chi connectivity index (χ2v) is 5.16. The quantitative estimate of drug-likeness (QED) is 0.763. The lowest BCUT2D eigenvalue weighted by molar-refractivity contribution is 0.111. The fourth-order valence-corrected chi connectivity index (χ4v) is 1.37. The molecule has 1 aromatic rings. The third kappa shape index (κ3) is 2.88. The number of hydrogen-bond acceptors (Lipinski definition) is 1. The van der Waals surface area contributed by atoms with E-state index in [9.17, 15) is 5.11 Å². The van der Waals surface area contributed by atoms with Crippen LogP contribution in [0.1, 0.15) is 45.8 Å². The van der Waals surface area contributed by atoms with Crippen LogP contribution in [0.3, 0.4) is 0 Å². The van der Waals surface area contributed by atoms with E-state index in [1.807, 2.05) is 18.5 Å². The van der Waals surface area contributed by atoms with Gasteiger partial charge in [-0.25, -0.2) is 0 Å². The highest BCUT2D eigenvalue weighted by Crippen LogP contribution is 2.32. The van der Waals surface area contributed by atoms with Crippen LogP contribution in [0.15, 0.2) is 18.5 Å². The molecule has 1 heterocycles. The first-order valence-corrected chi connectivity index (χ1v) is 5.22. The summed E-state index contributed by atoms with van der Waals surface area (Å²) in [6.45, 7) is 8.82. The van der Waals surface area contributed by atoms with Crippen molar-refractivity contribution in [3.63, 3.8) is 0 Å². The van der Waals surface area contributed by atoms with E-state index in [0.717, 1.165) is 12.0 Å². The number of aromatic amines is 1. The van der Waals surface area contributed by atoms with Gasteiger partial charge in [0.1, 0.15) is 0 Å². The molecule has 0 spiro atoms. The molecule has 0 aliphatic carbocycles. The van der Waals surface area contributed by atoms with Crippen molar-refractivity contribution < 1.29 is 5.11 Å². The lowest BCUT2D eigenvalue weighted by Gasteiger charge is -2.28. The van der Waals surface area contributed by atoms with E-state index in [1.54, 1.807) is 0 Å². The molecule has 1 aromatic heterocycles. The molecule has 0 amide bonds. The first kappa shape index (κ1) is 11.3. The van der Waals surface area contributed by atoms with Gasteiger partial charge in [0.2, 0.25) is 0 Å². The predicted molar refractivity (Wildman–Crippen MR) is 59.0 cm³/mol. The van der Waals surface area contributed by atoms with Gasteiger partial charge in [0.05, 0.1) is 6.10 Å². The molecule has 0 saturated heterocycles. The molecule has 0 radical (unpaired) electrons. The molecule has 0 fully saturated rings. The van der Waals surface area contributed by atoms with Crippen molar-refractivity contribution in [2.24, 2.45) is 11.3 Å². The van der Waals surface area contributed by atoms with Gasteiger partial charge < -0.3 is 10.1 Å². The SMILES string of the molecule is CC(CC(O)c1cc[nH]c1)C(C)(C)C. The van der Waals surface area contributed by atoms with Gasteiger partial charge in [-0.3, -0.25) is 0 Å². The van der Waals surface area contributed by atoms with Crippen LogP contribution >= 0.6 is 0 Å². The standard InChI is InChI=1S/C12H21NO/c1-9(12(2,3)4)7-11(14)10-5-6-13-8-10/h5-6,8-9,11,13-14H,7H2,1-4H3. The molecule has 0 aliphatic heterocycles. The lowest BCUT2D eigenvalue weighted by Crippen LogP contribution is -2.19. The summed E-state index contributed by atoms with van der Waals surface area (Å²) in [6, 6.07) is 1.93. The molecule has 1 rings (SSSR count). The van der Waals surface area contributed by atoms with E-state index in [4.69, 9.17) is 0 Å². The van der Waals surface area contributed by atoms with Crippen molar-refractivity contribution >= 4 is 0 Å². The Morgan fingerprint density at radius 3 is 2.50 bits per heavy atom. The predicted octanol–water partition coefficient (Wildman–Crippen LogP) is 3.12. The van der Waals surface area contributed by atoms with Crippen LogP contribution in [0, 0.1) is 11.3 Å². The van der Waals surface area contributed by atoms with Crippen LogP contribution in [0.5, 0.6) is 0 Å². The van der Waals surface area contributed by atoms with Crippen LogP contribution < -0.4 is 0 Å². The smallest absolute Gasteiger partial charge is 0.0807 e. The Balaban J connectivity index is 2.53. The van der Waals surface area contributed by atoms with E-state index >= 15 is 0 Å². The highest BCUT2D eigenvalue weighted by Gasteiger charge is 2.23. The molecule has 2 heteroatoms. The number of rotatable bonds is 3. The molecule has 80 valence electrons. The molecule has 2 atom stereocenters. The summed E-state index contributed by atoms with van der Waals surface area (Å²) in [5.74, 6) is 0.507. The van der Waals surface area contributed by atoms with Gasteiger partial charge >= 0.3 is 0 Å². The lowest BCUT2D eigenvalue weighted by atomic mass is 9.78. The van der Waals surface area contributed by atoms with Crippen molar-refractivity contribution in [2.45, 2.75) is 40.2 Å². The summed E-state index contributed by atoms with van der Waals surface area (Å²) in [6.07, 6.45) is 4.19. The van der Waals surface area contributed by atoms with E-state index in [1.165, 1.54) is 0 Å². The fraction of sp³-hybridized carbons (Fsp3) is 0.667. The monoisotopic (exact) mass is 195 g/mol. The molecule has 2 N–H and O–H groups in total. The average Bonchev–Trinajstić information content (AvgIpc) is 2.53. The number of aromatic nitrogens is 1. The molecule has 2 nitrogen and oxygen atoms in total. The Kier molecular flexibility index (Phi) is 3.38. The summed E-state index contributed by atoms with van der Waals surface area (Å²) in [7, 11) is 0. The molecule has 0 aromatic carbocycles. The Hall–Kier alpha value is -0.760. The zero-order chi connectivity index (χ0) is 10.8. The summed E-state index contributed by atoms with van der Waals surface area (Å²) >= 11 is 0. The molecular formula is C12H21NO. The molecule has 2 unspecified atom stereocenters. The molecular weight excluding hydrogens is 174 g/mol. The van der Waals surface area contributed by atoms with Gasteiger partial charge in [0.25, 0.3) is 0 Å². The van der Waals surface area contributed by atoms with Gasteiger partial charge in [-0.2, -0.15) is 0 Å². The number of aliphatic hydroxyl groups excluding tert-OH is 1. The Morgan fingerprint density at radius 1 is 1.43 bits per heavy atom. The summed E-state index contributed by atoms with van der Waals surface area (Å²) < 4.78 is 0. The van der Waals surface area contributed by atoms with Crippen LogP contribution in [-0.2, 0) is 0 Å². The first-order chi connectivity index (χ1) is 6.41. The molecule has 0 aliphatic rings. The number of aliphatic hydroxyl groups is 1. The molecule has 0 saturated carbocycles. The van der Waals surface area contributed by atoms with E-state index < -0.39 is 0 Å². The maximum Gasteiger partial charge on any atom is 0.0807 e. The van der Waals surface area contributed by atoms with Crippen LogP contribution in [0.25, 0.3) is 0 Å². The maximum atomic E-state index is 9.92. The minimum Gasteiger partial charge on any atom is -0.388 e. The van der Waals surface area contributed by atoms with Gasteiger partial charge in [0.15, 0.2) is 0 Å². The van der Waals surface area contributed by atoms with Crippen molar-refractivity contribution in [3.05, 3.63) is 24.0 Å². The zero-order valence-electron chi connectivity index (χ0n) is 9.54. The zero-order valence-corrected chi connectivity index (χ0v) is 9.54. The first-order valence-electron chi connectivity index (χ1n) is 5.22. The highest BCUT2D eigenvalue weighted by molar-refractivity contribution is 5.11. The van der Waals surface area contributed by atoms with Crippen LogP contribution in [-0.4, -0.2) is 10.1 Å². The van der Waals surface area contributed by atoms with Crippen molar-refractivity contribution in [2.75, 3.05) is 0 Å². The Morgan fingerprint density at radius 2 is 2.07 bits per heavy atom. The third-order valence-electron chi connectivity index (χ3n) is 3.06. The second kappa shape index (κ2) is 4.18. The largest absolute Gasteiger partial charge is 0.388 e. The molecule has 0 bridgehead atoms. The van der Waals surface area contributed by atoms with Crippen molar-refractivity contribution in [1.29, 1.82) is 0 Å². The van der Waals surface area contributed by atoms with Crippen LogP contribution in [0.2, 0.25) is 0 Å². The van der Waals surface area contributed by atoms with Gasteiger partial charge in [-0.1, -0.05) is 27.7 Å². The number of nitrogens with one attached hydrogen (secondary N) is 1. The van der Waals surface area contributed by atoms with E-state index in [2.05, 4.69) is 32.7 Å². The maximum absolute atomic E-state index is 9.92. The minimum atomic E-state index is -0.338. The Bertz CT molecular complexity index is 258. The molecule has 14 heavy (non-hydrogen) atoms. The van der Waals surface area contributed by atoms with Gasteiger partial charge in [-0.05, 0) is 29.4 Å². The van der Waals surface area contributed by atoms with Crippen LogP contribution in [0.4, 0.5) is 0 Å². The van der Waals surface area contributed by atoms with E-state index in [-0.39, 0.29) is 11.5 Å². The normalized spacial score (nSPS) is 16.6.